The van der Waals surface area contributed by atoms with Crippen LogP contribution in [0.25, 0.3) is 0 Å². The highest BCUT2D eigenvalue weighted by Crippen LogP contribution is 2.22. The third-order valence-corrected chi connectivity index (χ3v) is 2.49. The van der Waals surface area contributed by atoms with Crippen LogP contribution in [0, 0.1) is 0 Å². The minimum atomic E-state index is -1.01. The van der Waals surface area contributed by atoms with Crippen molar-refractivity contribution in [2.24, 2.45) is 0 Å². The lowest BCUT2D eigenvalue weighted by Crippen LogP contribution is -2.47. The van der Waals surface area contributed by atoms with Crippen LogP contribution in [-0.2, 0) is 4.79 Å². The molecule has 0 aliphatic heterocycles. The first-order chi connectivity index (χ1) is 6.43. The van der Waals surface area contributed by atoms with Crippen LogP contribution in [0.3, 0.4) is 0 Å². The first kappa shape index (κ1) is 11.6. The summed E-state index contributed by atoms with van der Waals surface area (Å²) in [4.78, 5) is 10.3. The molecule has 0 aromatic carbocycles. The summed E-state index contributed by atoms with van der Waals surface area (Å²) >= 11 is 10.9. The van der Waals surface area contributed by atoms with Crippen molar-refractivity contribution in [3.63, 3.8) is 0 Å². The molecule has 1 aliphatic rings. The summed E-state index contributed by atoms with van der Waals surface area (Å²) in [7, 11) is 0. The van der Waals surface area contributed by atoms with Gasteiger partial charge in [0.05, 0.1) is 5.54 Å². The smallest absolute Gasteiger partial charge is 0.253 e. The Morgan fingerprint density at radius 2 is 2.29 bits per heavy atom. The molecule has 1 atom stereocenters. The Bertz CT molecular complexity index is 296. The number of hydrogen-bond donors (Lipinski definition) is 1. The number of carbonyl (C=O) groups excluding carboxylic acids is 1. The average Bonchev–Trinajstić information content (AvgIpc) is 2.02. The third kappa shape index (κ3) is 3.03. The van der Waals surface area contributed by atoms with Crippen LogP contribution in [0.2, 0.25) is 0 Å². The molecule has 0 saturated carbocycles. The number of carbonyl (C=O) groups is 1. The molecule has 0 aromatic heterocycles. The molecule has 1 N–H and O–H groups in total. The van der Waals surface area contributed by atoms with Crippen molar-refractivity contribution in [2.75, 3.05) is 0 Å². The molecule has 0 spiro atoms. The summed E-state index contributed by atoms with van der Waals surface area (Å²) in [5.74, 6) is -0.352. The molecule has 78 valence electrons. The molecular formula is C10H13Cl2NO. The lowest BCUT2D eigenvalue weighted by Gasteiger charge is -2.30. The zero-order chi connectivity index (χ0) is 10.8. The van der Waals surface area contributed by atoms with E-state index >= 15 is 0 Å². The fraction of sp³-hybridized carbons (Fsp3) is 0.500. The summed E-state index contributed by atoms with van der Waals surface area (Å²) in [6.45, 7) is 3.96. The van der Waals surface area contributed by atoms with Crippen LogP contribution >= 0.6 is 23.2 Å². The minimum Gasteiger partial charge on any atom is -0.345 e. The van der Waals surface area contributed by atoms with Gasteiger partial charge < -0.3 is 5.32 Å². The van der Waals surface area contributed by atoms with Crippen molar-refractivity contribution in [2.45, 2.75) is 30.6 Å². The Labute approximate surface area is 94.0 Å². The number of halogens is 2. The van der Waals surface area contributed by atoms with Gasteiger partial charge in [0.15, 0.2) is 4.84 Å². The highest BCUT2D eigenvalue weighted by molar-refractivity contribution is 6.53. The van der Waals surface area contributed by atoms with Gasteiger partial charge in [0.25, 0.3) is 5.91 Å². The van der Waals surface area contributed by atoms with Crippen molar-refractivity contribution in [3.8, 4) is 0 Å². The van der Waals surface area contributed by atoms with E-state index in [1.54, 1.807) is 0 Å². The lowest BCUT2D eigenvalue weighted by atomic mass is 9.89. The van der Waals surface area contributed by atoms with Crippen LogP contribution in [0.15, 0.2) is 23.8 Å². The van der Waals surface area contributed by atoms with Gasteiger partial charge in [0.1, 0.15) is 0 Å². The maximum Gasteiger partial charge on any atom is 0.253 e. The van der Waals surface area contributed by atoms with Crippen LogP contribution < -0.4 is 5.32 Å². The molecule has 4 heteroatoms. The second-order valence-corrected chi connectivity index (χ2v) is 4.85. The molecule has 0 saturated heterocycles. The van der Waals surface area contributed by atoms with Gasteiger partial charge in [-0.15, -0.1) is 0 Å². The van der Waals surface area contributed by atoms with E-state index in [2.05, 4.69) is 5.32 Å². The molecule has 1 aliphatic carbocycles. The second-order valence-electron chi connectivity index (χ2n) is 3.76. The van der Waals surface area contributed by atoms with Crippen molar-refractivity contribution in [3.05, 3.63) is 23.8 Å². The molecule has 0 fully saturated rings. The van der Waals surface area contributed by atoms with Crippen molar-refractivity contribution >= 4 is 29.1 Å². The summed E-state index contributed by atoms with van der Waals surface area (Å²) in [5, 5.41) is 2.79. The molecule has 0 radical (unpaired) electrons. The summed E-state index contributed by atoms with van der Waals surface area (Å²) in [6, 6.07) is 0. The van der Waals surface area contributed by atoms with Gasteiger partial charge in [0, 0.05) is 0 Å². The van der Waals surface area contributed by atoms with E-state index in [1.165, 1.54) is 5.57 Å². The van der Waals surface area contributed by atoms with E-state index < -0.39 is 4.84 Å². The summed E-state index contributed by atoms with van der Waals surface area (Å²) in [5.41, 5.74) is 0.855. The standard InChI is InChI=1S/C10H13Cl2NO/c1-7-4-3-5-10(2,6-7)13-9(14)8(11)12/h3-5,8H,6H2,1-2H3,(H,13,14). The van der Waals surface area contributed by atoms with Gasteiger partial charge in [-0.05, 0) is 20.3 Å². The second kappa shape index (κ2) is 4.37. The number of alkyl halides is 2. The molecule has 0 bridgehead atoms. The maximum atomic E-state index is 11.3. The normalized spacial score (nSPS) is 26.2. The Morgan fingerprint density at radius 3 is 2.79 bits per heavy atom. The lowest BCUT2D eigenvalue weighted by molar-refractivity contribution is -0.120. The van der Waals surface area contributed by atoms with Crippen LogP contribution in [0.1, 0.15) is 20.3 Å². The first-order valence-electron chi connectivity index (χ1n) is 4.38. The largest absolute Gasteiger partial charge is 0.345 e. The third-order valence-electron chi connectivity index (χ3n) is 2.10. The van der Waals surface area contributed by atoms with Crippen molar-refractivity contribution < 1.29 is 4.79 Å². The van der Waals surface area contributed by atoms with Gasteiger partial charge in [-0.2, -0.15) is 0 Å². The van der Waals surface area contributed by atoms with Crippen LogP contribution in [0.4, 0.5) is 0 Å². The highest BCUT2D eigenvalue weighted by atomic mass is 35.5. The minimum absolute atomic E-state index is 0.352. The maximum absolute atomic E-state index is 11.3. The molecule has 1 amide bonds. The molecule has 2 nitrogen and oxygen atoms in total. The Balaban J connectivity index is 2.65. The zero-order valence-corrected chi connectivity index (χ0v) is 9.69. The van der Waals surface area contributed by atoms with E-state index in [1.807, 2.05) is 32.1 Å². The quantitative estimate of drug-likeness (QED) is 0.731. The molecule has 14 heavy (non-hydrogen) atoms. The fourth-order valence-electron chi connectivity index (χ4n) is 1.54. The van der Waals surface area contributed by atoms with Gasteiger partial charge in [-0.1, -0.05) is 47.0 Å². The van der Waals surface area contributed by atoms with E-state index in [0.717, 1.165) is 6.42 Å². The number of nitrogens with one attached hydrogen (secondary N) is 1. The zero-order valence-electron chi connectivity index (χ0n) is 8.18. The Kier molecular flexibility index (Phi) is 3.62. The van der Waals surface area contributed by atoms with Gasteiger partial charge in [-0.25, -0.2) is 0 Å². The molecule has 0 aromatic rings. The first-order valence-corrected chi connectivity index (χ1v) is 5.25. The number of allylic oxidation sites excluding steroid dienone is 2. The van der Waals surface area contributed by atoms with E-state index in [0.29, 0.717) is 0 Å². The predicted molar refractivity (Wildman–Crippen MR) is 59.6 cm³/mol. The highest BCUT2D eigenvalue weighted by Gasteiger charge is 2.27. The summed E-state index contributed by atoms with van der Waals surface area (Å²) < 4.78 is 0. The molecule has 1 unspecified atom stereocenters. The monoisotopic (exact) mass is 233 g/mol. The summed E-state index contributed by atoms with van der Waals surface area (Å²) in [6.07, 6.45) is 6.67. The number of hydrogen-bond acceptors (Lipinski definition) is 1. The Hall–Kier alpha value is -0.470. The number of amides is 1. The van der Waals surface area contributed by atoms with Crippen LogP contribution in [-0.4, -0.2) is 16.3 Å². The van der Waals surface area contributed by atoms with Gasteiger partial charge >= 0.3 is 0 Å². The van der Waals surface area contributed by atoms with Gasteiger partial charge in [0.2, 0.25) is 0 Å². The molecule has 0 heterocycles. The van der Waals surface area contributed by atoms with E-state index in [4.69, 9.17) is 23.2 Å². The van der Waals surface area contributed by atoms with Crippen LogP contribution in [0.5, 0.6) is 0 Å². The molecular weight excluding hydrogens is 221 g/mol. The van der Waals surface area contributed by atoms with E-state index in [9.17, 15) is 4.79 Å². The predicted octanol–water partition coefficient (Wildman–Crippen LogP) is 2.57. The van der Waals surface area contributed by atoms with E-state index in [-0.39, 0.29) is 11.4 Å². The van der Waals surface area contributed by atoms with Crippen molar-refractivity contribution in [1.82, 2.24) is 5.32 Å². The molecule has 1 rings (SSSR count). The topological polar surface area (TPSA) is 29.1 Å². The fourth-order valence-corrected chi connectivity index (χ4v) is 1.65. The average molecular weight is 234 g/mol. The Morgan fingerprint density at radius 1 is 1.64 bits per heavy atom. The van der Waals surface area contributed by atoms with Gasteiger partial charge in [-0.3, -0.25) is 4.79 Å². The number of rotatable bonds is 2. The SMILES string of the molecule is CC1=CC=CC(C)(NC(=O)C(Cl)Cl)C1. The van der Waals surface area contributed by atoms with Crippen molar-refractivity contribution in [1.29, 1.82) is 0 Å².